The molecule has 0 aromatic heterocycles. The second kappa shape index (κ2) is 4.25. The molecule has 0 radical (unpaired) electrons. The fraction of sp³-hybridized carbons (Fsp3) is 0.400. The first kappa shape index (κ1) is 11.4. The van der Waals surface area contributed by atoms with Crippen molar-refractivity contribution in [3.63, 3.8) is 0 Å². The highest BCUT2D eigenvalue weighted by molar-refractivity contribution is 5.45. The maximum absolute atomic E-state index is 13.3. The van der Waals surface area contributed by atoms with E-state index < -0.39 is 10.7 Å². The van der Waals surface area contributed by atoms with Crippen LogP contribution >= 0.6 is 0 Å². The lowest BCUT2D eigenvalue weighted by Gasteiger charge is -2.11. The molecule has 0 spiro atoms. The van der Waals surface area contributed by atoms with Crippen LogP contribution in [0.4, 0.5) is 10.1 Å². The van der Waals surface area contributed by atoms with E-state index in [4.69, 9.17) is 4.74 Å². The van der Waals surface area contributed by atoms with Crippen LogP contribution in [0.5, 0.6) is 5.75 Å². The lowest BCUT2D eigenvalue weighted by atomic mass is 10.2. The minimum Gasteiger partial charge on any atom is -0.488 e. The van der Waals surface area contributed by atoms with E-state index in [1.54, 1.807) is 20.8 Å². The smallest absolute Gasteiger partial charge is 0.275 e. The van der Waals surface area contributed by atoms with Gasteiger partial charge in [0.05, 0.1) is 17.1 Å². The highest BCUT2D eigenvalue weighted by Crippen LogP contribution is 2.27. The van der Waals surface area contributed by atoms with Crippen LogP contribution in [0.15, 0.2) is 12.1 Å². The third-order valence-corrected chi connectivity index (χ3v) is 1.81. The van der Waals surface area contributed by atoms with Crippen LogP contribution in [0.25, 0.3) is 0 Å². The zero-order valence-corrected chi connectivity index (χ0v) is 8.78. The normalized spacial score (nSPS) is 10.5. The minimum atomic E-state index is -0.707. The van der Waals surface area contributed by atoms with E-state index >= 15 is 0 Å². The summed E-state index contributed by atoms with van der Waals surface area (Å²) in [6.07, 6.45) is -0.166. The summed E-state index contributed by atoms with van der Waals surface area (Å²) in [6.45, 7) is 5.07. The average molecular weight is 213 g/mol. The molecule has 0 saturated heterocycles. The number of hydrogen-bond donors (Lipinski definition) is 0. The molecule has 0 aliphatic rings. The van der Waals surface area contributed by atoms with Crippen LogP contribution in [-0.2, 0) is 0 Å². The van der Waals surface area contributed by atoms with E-state index in [0.29, 0.717) is 5.56 Å². The number of rotatable bonds is 3. The third-order valence-electron chi connectivity index (χ3n) is 1.81. The number of aryl methyl sites for hydroxylation is 1. The van der Waals surface area contributed by atoms with Gasteiger partial charge in [0.15, 0.2) is 11.6 Å². The van der Waals surface area contributed by atoms with E-state index in [2.05, 4.69) is 0 Å². The van der Waals surface area contributed by atoms with Gasteiger partial charge in [-0.15, -0.1) is 0 Å². The van der Waals surface area contributed by atoms with Crippen LogP contribution in [0.2, 0.25) is 0 Å². The molecule has 0 saturated carbocycles. The van der Waals surface area contributed by atoms with Crippen molar-refractivity contribution in [2.24, 2.45) is 0 Å². The van der Waals surface area contributed by atoms with Crippen molar-refractivity contribution in [3.8, 4) is 5.75 Å². The second-order valence-electron chi connectivity index (χ2n) is 3.49. The van der Waals surface area contributed by atoms with E-state index in [1.165, 1.54) is 6.07 Å². The molecule has 1 aromatic rings. The minimum absolute atomic E-state index is 0.0492. The quantitative estimate of drug-likeness (QED) is 0.573. The molecule has 4 nitrogen and oxygen atoms in total. The van der Waals surface area contributed by atoms with Crippen molar-refractivity contribution in [3.05, 3.63) is 33.6 Å². The molecule has 0 fully saturated rings. The Morgan fingerprint density at radius 1 is 1.47 bits per heavy atom. The third kappa shape index (κ3) is 2.65. The van der Waals surface area contributed by atoms with Crippen LogP contribution in [0.1, 0.15) is 19.4 Å². The Bertz CT molecular complexity index is 390. The van der Waals surface area contributed by atoms with Gasteiger partial charge in [0.1, 0.15) is 0 Å². The van der Waals surface area contributed by atoms with Crippen molar-refractivity contribution >= 4 is 5.69 Å². The van der Waals surface area contributed by atoms with Crippen molar-refractivity contribution in [1.29, 1.82) is 0 Å². The molecular formula is C10H12FNO3. The Kier molecular flexibility index (Phi) is 3.24. The zero-order valence-electron chi connectivity index (χ0n) is 8.78. The average Bonchev–Trinajstić information content (AvgIpc) is 2.09. The van der Waals surface area contributed by atoms with Gasteiger partial charge >= 0.3 is 0 Å². The second-order valence-corrected chi connectivity index (χ2v) is 3.49. The summed E-state index contributed by atoms with van der Waals surface area (Å²) < 4.78 is 18.5. The highest BCUT2D eigenvalue weighted by Gasteiger charge is 2.16. The number of hydrogen-bond acceptors (Lipinski definition) is 3. The van der Waals surface area contributed by atoms with E-state index in [9.17, 15) is 14.5 Å². The summed E-state index contributed by atoms with van der Waals surface area (Å²) in [5, 5.41) is 10.5. The van der Waals surface area contributed by atoms with Gasteiger partial charge in [-0.2, -0.15) is 0 Å². The molecule has 0 aliphatic heterocycles. The number of nitro groups is 1. The largest absolute Gasteiger partial charge is 0.488 e. The maximum atomic E-state index is 13.3. The van der Waals surface area contributed by atoms with Crippen LogP contribution < -0.4 is 4.74 Å². The Hall–Kier alpha value is -1.65. The molecular weight excluding hydrogens is 201 g/mol. The van der Waals surface area contributed by atoms with Gasteiger partial charge in [0, 0.05) is 5.56 Å². The zero-order chi connectivity index (χ0) is 11.6. The SMILES string of the molecule is Cc1cc(OC(C)C)c(F)cc1[N+](=O)[O-]. The van der Waals surface area contributed by atoms with Crippen molar-refractivity contribution < 1.29 is 14.1 Å². The summed E-state index contributed by atoms with van der Waals surface area (Å²) >= 11 is 0. The number of benzene rings is 1. The van der Waals surface area contributed by atoms with Gasteiger partial charge in [0.25, 0.3) is 5.69 Å². The lowest BCUT2D eigenvalue weighted by Crippen LogP contribution is -2.07. The van der Waals surface area contributed by atoms with Gasteiger partial charge in [0.2, 0.25) is 0 Å². The Morgan fingerprint density at radius 3 is 2.53 bits per heavy atom. The summed E-state index contributed by atoms with van der Waals surface area (Å²) in [4.78, 5) is 9.89. The summed E-state index contributed by atoms with van der Waals surface area (Å²) in [7, 11) is 0. The standard InChI is InChI=1S/C10H12FNO3/c1-6(2)15-10-4-7(3)9(12(13)14)5-8(10)11/h4-6H,1-3H3. The first-order valence-electron chi connectivity index (χ1n) is 4.53. The fourth-order valence-electron chi connectivity index (χ4n) is 1.19. The van der Waals surface area contributed by atoms with E-state index in [0.717, 1.165) is 6.07 Å². The van der Waals surface area contributed by atoms with E-state index in [-0.39, 0.29) is 17.5 Å². The predicted molar refractivity (Wildman–Crippen MR) is 53.6 cm³/mol. The van der Waals surface area contributed by atoms with Crippen LogP contribution in [0, 0.1) is 22.9 Å². The molecule has 0 heterocycles. The van der Waals surface area contributed by atoms with Gasteiger partial charge in [-0.3, -0.25) is 10.1 Å². The topological polar surface area (TPSA) is 52.4 Å². The Labute approximate surface area is 86.8 Å². The first-order chi connectivity index (χ1) is 6.91. The lowest BCUT2D eigenvalue weighted by molar-refractivity contribution is -0.385. The number of nitro benzene ring substituents is 1. The highest BCUT2D eigenvalue weighted by atomic mass is 19.1. The van der Waals surface area contributed by atoms with Gasteiger partial charge in [-0.1, -0.05) is 0 Å². The number of nitrogens with zero attached hydrogens (tertiary/aromatic N) is 1. The molecule has 0 atom stereocenters. The molecule has 1 aromatic carbocycles. The molecule has 0 aliphatic carbocycles. The van der Waals surface area contributed by atoms with Crippen molar-refractivity contribution in [2.75, 3.05) is 0 Å². The maximum Gasteiger partial charge on any atom is 0.275 e. The molecule has 15 heavy (non-hydrogen) atoms. The summed E-state index contributed by atoms with van der Waals surface area (Å²) in [6, 6.07) is 2.22. The molecule has 82 valence electrons. The monoisotopic (exact) mass is 213 g/mol. The molecule has 0 amide bonds. The van der Waals surface area contributed by atoms with Crippen molar-refractivity contribution in [1.82, 2.24) is 0 Å². The van der Waals surface area contributed by atoms with Crippen LogP contribution in [0.3, 0.4) is 0 Å². The number of ether oxygens (including phenoxy) is 1. The van der Waals surface area contributed by atoms with Crippen LogP contribution in [-0.4, -0.2) is 11.0 Å². The number of halogens is 1. The van der Waals surface area contributed by atoms with Crippen molar-refractivity contribution in [2.45, 2.75) is 26.9 Å². The summed E-state index contributed by atoms with van der Waals surface area (Å²) in [5.74, 6) is -0.658. The molecule has 1 rings (SSSR count). The molecule has 0 unspecified atom stereocenters. The van der Waals surface area contributed by atoms with Gasteiger partial charge in [-0.25, -0.2) is 4.39 Å². The Morgan fingerprint density at radius 2 is 2.07 bits per heavy atom. The van der Waals surface area contributed by atoms with Gasteiger partial charge < -0.3 is 4.74 Å². The fourth-order valence-corrected chi connectivity index (χ4v) is 1.19. The molecule has 5 heteroatoms. The van der Waals surface area contributed by atoms with Gasteiger partial charge in [-0.05, 0) is 26.8 Å². The first-order valence-corrected chi connectivity index (χ1v) is 4.53. The Balaban J connectivity index is 3.13. The predicted octanol–water partition coefficient (Wildman–Crippen LogP) is 2.83. The molecule has 0 bridgehead atoms. The summed E-state index contributed by atoms with van der Waals surface area (Å²) in [5.41, 5.74) is 0.153. The van der Waals surface area contributed by atoms with E-state index in [1.807, 2.05) is 0 Å². The molecule has 0 N–H and O–H groups in total.